The Morgan fingerprint density at radius 2 is 1.56 bits per heavy atom. The van der Waals surface area contributed by atoms with Gasteiger partial charge in [0.2, 0.25) is 0 Å². The highest BCUT2D eigenvalue weighted by atomic mass is 16.2. The number of carbonyl (C=O) groups excluding carboxylic acids is 2. The summed E-state index contributed by atoms with van der Waals surface area (Å²) in [5, 5.41) is 4.30. The monoisotopic (exact) mass is 363 g/mol. The van der Waals surface area contributed by atoms with Crippen molar-refractivity contribution >= 4 is 17.5 Å². The minimum atomic E-state index is -0.0886. The SMILES string of the molecule is Cc1cc(C)n2ncc(C(=O)N3CCN(C(=O)c4ccccc4)CC3)c2n1. The van der Waals surface area contributed by atoms with E-state index in [1.807, 2.05) is 50.2 Å². The van der Waals surface area contributed by atoms with Crippen molar-refractivity contribution < 1.29 is 9.59 Å². The third-order valence-electron chi connectivity index (χ3n) is 4.88. The second-order valence-electron chi connectivity index (χ2n) is 6.78. The minimum Gasteiger partial charge on any atom is -0.335 e. The van der Waals surface area contributed by atoms with E-state index in [0.717, 1.165) is 11.4 Å². The number of nitrogens with zero attached hydrogens (tertiary/aromatic N) is 5. The fraction of sp³-hybridized carbons (Fsp3) is 0.300. The van der Waals surface area contributed by atoms with Crippen LogP contribution in [0.15, 0.2) is 42.6 Å². The van der Waals surface area contributed by atoms with E-state index in [9.17, 15) is 9.59 Å². The van der Waals surface area contributed by atoms with Crippen LogP contribution < -0.4 is 0 Å². The molecule has 0 spiro atoms. The average molecular weight is 363 g/mol. The number of piperazine rings is 1. The number of aryl methyl sites for hydroxylation is 2. The Hall–Kier alpha value is -3.22. The summed E-state index contributed by atoms with van der Waals surface area (Å²) in [6.07, 6.45) is 1.58. The lowest BCUT2D eigenvalue weighted by molar-refractivity contribution is 0.0536. The lowest BCUT2D eigenvalue weighted by Crippen LogP contribution is -2.50. The maximum absolute atomic E-state index is 13.0. The Morgan fingerprint density at radius 3 is 2.22 bits per heavy atom. The summed E-state index contributed by atoms with van der Waals surface area (Å²) in [5.74, 6) is -0.0825. The van der Waals surface area contributed by atoms with Crippen LogP contribution in [0.3, 0.4) is 0 Å². The van der Waals surface area contributed by atoms with Crippen LogP contribution >= 0.6 is 0 Å². The number of fused-ring (bicyclic) bond motifs is 1. The van der Waals surface area contributed by atoms with Crippen molar-refractivity contribution in [3.8, 4) is 0 Å². The molecule has 1 aromatic carbocycles. The first-order valence-corrected chi connectivity index (χ1v) is 9.00. The van der Waals surface area contributed by atoms with Crippen molar-refractivity contribution in [3.05, 3.63) is 65.1 Å². The maximum atomic E-state index is 13.0. The molecule has 27 heavy (non-hydrogen) atoms. The van der Waals surface area contributed by atoms with E-state index < -0.39 is 0 Å². The molecule has 0 saturated carbocycles. The van der Waals surface area contributed by atoms with Gasteiger partial charge < -0.3 is 9.80 Å². The van der Waals surface area contributed by atoms with Gasteiger partial charge in [0.15, 0.2) is 5.65 Å². The Balaban J connectivity index is 1.49. The van der Waals surface area contributed by atoms with Crippen molar-refractivity contribution in [2.24, 2.45) is 0 Å². The first-order chi connectivity index (χ1) is 13.0. The van der Waals surface area contributed by atoms with Crippen molar-refractivity contribution in [2.75, 3.05) is 26.2 Å². The second kappa shape index (κ2) is 6.83. The smallest absolute Gasteiger partial charge is 0.259 e. The van der Waals surface area contributed by atoms with Crippen molar-refractivity contribution in [3.63, 3.8) is 0 Å². The number of rotatable bonds is 2. The zero-order chi connectivity index (χ0) is 19.0. The zero-order valence-corrected chi connectivity index (χ0v) is 15.4. The molecule has 0 N–H and O–H groups in total. The molecule has 0 radical (unpaired) electrons. The first-order valence-electron chi connectivity index (χ1n) is 9.00. The highest BCUT2D eigenvalue weighted by Crippen LogP contribution is 2.16. The number of hydrogen-bond acceptors (Lipinski definition) is 4. The molecule has 1 fully saturated rings. The second-order valence-corrected chi connectivity index (χ2v) is 6.78. The quantitative estimate of drug-likeness (QED) is 0.698. The molecule has 2 aromatic heterocycles. The topological polar surface area (TPSA) is 70.8 Å². The van der Waals surface area contributed by atoms with E-state index in [1.54, 1.807) is 20.5 Å². The van der Waals surface area contributed by atoms with Gasteiger partial charge in [-0.25, -0.2) is 9.50 Å². The van der Waals surface area contributed by atoms with Crippen LogP contribution in [-0.2, 0) is 0 Å². The largest absolute Gasteiger partial charge is 0.335 e. The normalized spacial score (nSPS) is 14.6. The van der Waals surface area contributed by atoms with Crippen LogP contribution in [-0.4, -0.2) is 62.4 Å². The molecule has 7 nitrogen and oxygen atoms in total. The predicted molar refractivity (Wildman–Crippen MR) is 101 cm³/mol. The molecule has 3 heterocycles. The average Bonchev–Trinajstić information content (AvgIpc) is 3.12. The lowest BCUT2D eigenvalue weighted by Gasteiger charge is -2.34. The Kier molecular flexibility index (Phi) is 4.35. The molecular weight excluding hydrogens is 342 g/mol. The van der Waals surface area contributed by atoms with Gasteiger partial charge >= 0.3 is 0 Å². The highest BCUT2D eigenvalue weighted by molar-refractivity contribution is 6.00. The van der Waals surface area contributed by atoms with Crippen molar-refractivity contribution in [2.45, 2.75) is 13.8 Å². The van der Waals surface area contributed by atoms with Gasteiger partial charge in [0.05, 0.1) is 6.20 Å². The number of amides is 2. The molecule has 0 unspecified atom stereocenters. The van der Waals surface area contributed by atoms with Gasteiger partial charge in [-0.2, -0.15) is 5.10 Å². The molecule has 3 aromatic rings. The van der Waals surface area contributed by atoms with Crippen LogP contribution in [0.25, 0.3) is 5.65 Å². The molecule has 1 aliphatic heterocycles. The van der Waals surface area contributed by atoms with Crippen LogP contribution in [0.1, 0.15) is 32.1 Å². The molecule has 0 bridgehead atoms. The van der Waals surface area contributed by atoms with Gasteiger partial charge in [0.1, 0.15) is 5.56 Å². The fourth-order valence-electron chi connectivity index (χ4n) is 3.47. The molecule has 138 valence electrons. The highest BCUT2D eigenvalue weighted by Gasteiger charge is 2.27. The Morgan fingerprint density at radius 1 is 0.926 bits per heavy atom. The molecular formula is C20H21N5O2. The molecule has 0 aliphatic carbocycles. The van der Waals surface area contributed by atoms with Gasteiger partial charge in [-0.3, -0.25) is 9.59 Å². The Bertz CT molecular complexity index is 1000. The summed E-state index contributed by atoms with van der Waals surface area (Å²) < 4.78 is 1.69. The number of aromatic nitrogens is 3. The van der Waals surface area contributed by atoms with Gasteiger partial charge in [-0.1, -0.05) is 18.2 Å². The summed E-state index contributed by atoms with van der Waals surface area (Å²) >= 11 is 0. The van der Waals surface area contributed by atoms with Crippen LogP contribution in [0.5, 0.6) is 0 Å². The number of carbonyl (C=O) groups is 2. The van der Waals surface area contributed by atoms with Crippen LogP contribution in [0.2, 0.25) is 0 Å². The summed E-state index contributed by atoms with van der Waals surface area (Å²) in [6.45, 7) is 5.88. The summed E-state index contributed by atoms with van der Waals surface area (Å²) in [5.41, 5.74) is 3.56. The zero-order valence-electron chi connectivity index (χ0n) is 15.4. The van der Waals surface area contributed by atoms with Crippen LogP contribution in [0.4, 0.5) is 0 Å². The molecule has 1 aliphatic rings. The Labute approximate surface area is 157 Å². The van der Waals surface area contributed by atoms with Gasteiger partial charge in [0.25, 0.3) is 11.8 Å². The van der Waals surface area contributed by atoms with Crippen LogP contribution in [0, 0.1) is 13.8 Å². The summed E-state index contributed by atoms with van der Waals surface area (Å²) in [7, 11) is 0. The van der Waals surface area contributed by atoms with E-state index in [0.29, 0.717) is 43.0 Å². The van der Waals surface area contributed by atoms with Crippen molar-refractivity contribution in [1.29, 1.82) is 0 Å². The van der Waals surface area contributed by atoms with Gasteiger partial charge in [0, 0.05) is 43.1 Å². The number of hydrogen-bond donors (Lipinski definition) is 0. The van der Waals surface area contributed by atoms with Gasteiger partial charge in [-0.15, -0.1) is 0 Å². The van der Waals surface area contributed by atoms with E-state index in [2.05, 4.69) is 10.1 Å². The molecule has 2 amide bonds. The molecule has 0 atom stereocenters. The number of benzene rings is 1. The molecule has 4 rings (SSSR count). The van der Waals surface area contributed by atoms with Crippen molar-refractivity contribution in [1.82, 2.24) is 24.4 Å². The predicted octanol–water partition coefficient (Wildman–Crippen LogP) is 1.94. The fourth-order valence-corrected chi connectivity index (χ4v) is 3.47. The molecule has 1 saturated heterocycles. The molecule has 7 heteroatoms. The third kappa shape index (κ3) is 3.16. The standard InChI is InChI=1S/C20H21N5O2/c1-14-12-15(2)25-18(22-14)17(13-21-25)20(27)24-10-8-23(9-11-24)19(26)16-6-4-3-5-7-16/h3-7,12-13H,8-11H2,1-2H3. The van der Waals surface area contributed by atoms with E-state index in [4.69, 9.17) is 0 Å². The van der Waals surface area contributed by atoms with E-state index in [1.165, 1.54) is 0 Å². The summed E-state index contributed by atoms with van der Waals surface area (Å²) in [4.78, 5) is 33.6. The van der Waals surface area contributed by atoms with Gasteiger partial charge in [-0.05, 0) is 32.0 Å². The van der Waals surface area contributed by atoms with E-state index >= 15 is 0 Å². The summed E-state index contributed by atoms with van der Waals surface area (Å²) in [6, 6.07) is 11.2. The minimum absolute atomic E-state index is 0.00611. The third-order valence-corrected chi connectivity index (χ3v) is 4.88. The maximum Gasteiger partial charge on any atom is 0.259 e. The van der Waals surface area contributed by atoms with E-state index in [-0.39, 0.29) is 11.8 Å². The first kappa shape index (κ1) is 17.2. The lowest BCUT2D eigenvalue weighted by atomic mass is 10.1.